The average molecular weight is 188 g/mol. The number of piperidine rings is 1. The minimum absolute atomic E-state index is 0.603. The minimum atomic E-state index is 0.603. The maximum atomic E-state index is 5.85. The van der Waals surface area contributed by atoms with Crippen LogP contribution in [0.5, 0.6) is 0 Å². The van der Waals surface area contributed by atoms with Gasteiger partial charge in [0.25, 0.3) is 0 Å². The second kappa shape index (κ2) is 3.97. The van der Waals surface area contributed by atoms with Gasteiger partial charge in [-0.1, -0.05) is 12.8 Å². The topological polar surface area (TPSA) is 12.0 Å². The molecule has 1 aliphatic carbocycles. The molecule has 70 valence electrons. The highest BCUT2D eigenvalue weighted by molar-refractivity contribution is 6.18. The first kappa shape index (κ1) is 8.83. The maximum Gasteiger partial charge on any atom is 0.0377 e. The van der Waals surface area contributed by atoms with Gasteiger partial charge in [0.05, 0.1) is 0 Å². The van der Waals surface area contributed by atoms with Gasteiger partial charge in [-0.15, -0.1) is 11.6 Å². The Bertz CT molecular complexity index is 149. The van der Waals surface area contributed by atoms with E-state index in [0.717, 1.165) is 17.8 Å². The van der Waals surface area contributed by atoms with E-state index >= 15 is 0 Å². The third-order valence-corrected chi connectivity index (χ3v) is 3.80. The van der Waals surface area contributed by atoms with Gasteiger partial charge in [0.2, 0.25) is 0 Å². The van der Waals surface area contributed by atoms with Crippen LogP contribution >= 0.6 is 11.6 Å². The van der Waals surface area contributed by atoms with Crippen LogP contribution < -0.4 is 5.32 Å². The smallest absolute Gasteiger partial charge is 0.0377 e. The van der Waals surface area contributed by atoms with Gasteiger partial charge < -0.3 is 5.32 Å². The van der Waals surface area contributed by atoms with Crippen LogP contribution in [-0.4, -0.2) is 18.0 Å². The molecule has 2 aliphatic rings. The van der Waals surface area contributed by atoms with Crippen molar-refractivity contribution in [2.24, 2.45) is 5.92 Å². The molecule has 2 fully saturated rings. The fourth-order valence-electron chi connectivity index (χ4n) is 2.70. The molecule has 3 unspecified atom stereocenters. The predicted molar refractivity (Wildman–Crippen MR) is 52.6 cm³/mol. The number of halogens is 1. The molecular weight excluding hydrogens is 170 g/mol. The summed E-state index contributed by atoms with van der Waals surface area (Å²) in [5, 5.41) is 3.67. The third-order valence-electron chi connectivity index (χ3n) is 3.43. The molecule has 1 nitrogen and oxygen atoms in total. The van der Waals surface area contributed by atoms with E-state index in [1.807, 2.05) is 0 Å². The summed E-state index contributed by atoms with van der Waals surface area (Å²) < 4.78 is 0. The molecule has 1 saturated carbocycles. The first-order valence-corrected chi connectivity index (χ1v) is 5.75. The Labute approximate surface area is 79.9 Å². The van der Waals surface area contributed by atoms with Gasteiger partial charge >= 0.3 is 0 Å². The Balaban J connectivity index is 1.90. The summed E-state index contributed by atoms with van der Waals surface area (Å²) in [4.78, 5) is 0. The van der Waals surface area contributed by atoms with E-state index in [-0.39, 0.29) is 0 Å². The highest BCUT2D eigenvalue weighted by atomic mass is 35.5. The molecule has 0 aromatic carbocycles. The van der Waals surface area contributed by atoms with Gasteiger partial charge in [0, 0.05) is 18.0 Å². The predicted octanol–water partition coefficient (Wildman–Crippen LogP) is 2.54. The lowest BCUT2D eigenvalue weighted by Gasteiger charge is -2.40. The Kier molecular flexibility index (Phi) is 2.92. The lowest BCUT2D eigenvalue weighted by atomic mass is 9.78. The first-order valence-electron chi connectivity index (χ1n) is 5.22. The lowest BCUT2D eigenvalue weighted by molar-refractivity contribution is 0.184. The molecule has 0 spiro atoms. The van der Waals surface area contributed by atoms with Crippen molar-refractivity contribution in [3.63, 3.8) is 0 Å². The van der Waals surface area contributed by atoms with Crippen molar-refractivity contribution in [3.8, 4) is 0 Å². The van der Waals surface area contributed by atoms with E-state index in [9.17, 15) is 0 Å². The molecule has 0 aromatic rings. The van der Waals surface area contributed by atoms with Gasteiger partial charge in [-0.3, -0.25) is 0 Å². The molecule has 1 aliphatic heterocycles. The van der Waals surface area contributed by atoms with Crippen molar-refractivity contribution in [2.75, 3.05) is 5.88 Å². The average Bonchev–Trinajstić information content (AvgIpc) is 2.17. The summed E-state index contributed by atoms with van der Waals surface area (Å²) in [5.74, 6) is 1.77. The zero-order chi connectivity index (χ0) is 8.39. The normalized spacial score (nSPS) is 42.2. The summed E-state index contributed by atoms with van der Waals surface area (Å²) in [6, 6.07) is 1.40. The molecule has 12 heavy (non-hydrogen) atoms. The van der Waals surface area contributed by atoms with Crippen LogP contribution in [0.3, 0.4) is 0 Å². The van der Waals surface area contributed by atoms with Gasteiger partial charge in [0.1, 0.15) is 0 Å². The van der Waals surface area contributed by atoms with E-state index < -0.39 is 0 Å². The minimum Gasteiger partial charge on any atom is -0.310 e. The van der Waals surface area contributed by atoms with Crippen molar-refractivity contribution >= 4 is 11.6 Å². The van der Waals surface area contributed by atoms with Crippen LogP contribution in [0.4, 0.5) is 0 Å². The van der Waals surface area contributed by atoms with Gasteiger partial charge in [-0.05, 0) is 31.6 Å². The first-order chi connectivity index (χ1) is 5.90. The monoisotopic (exact) mass is 187 g/mol. The molecule has 0 radical (unpaired) electrons. The van der Waals surface area contributed by atoms with Crippen LogP contribution in [0.2, 0.25) is 0 Å². The van der Waals surface area contributed by atoms with Crippen molar-refractivity contribution in [2.45, 2.75) is 50.6 Å². The Morgan fingerprint density at radius 3 is 2.75 bits per heavy atom. The largest absolute Gasteiger partial charge is 0.310 e. The second-order valence-electron chi connectivity index (χ2n) is 4.25. The number of nitrogens with one attached hydrogen (secondary N) is 1. The van der Waals surface area contributed by atoms with E-state index in [2.05, 4.69) is 5.32 Å². The molecule has 0 aromatic heterocycles. The SMILES string of the molecule is ClCC1CCC2CCCCC2N1. The van der Waals surface area contributed by atoms with Gasteiger partial charge in [-0.25, -0.2) is 0 Å². The van der Waals surface area contributed by atoms with Crippen LogP contribution in [0.15, 0.2) is 0 Å². The van der Waals surface area contributed by atoms with Crippen LogP contribution in [0.25, 0.3) is 0 Å². The summed E-state index contributed by atoms with van der Waals surface area (Å²) >= 11 is 5.85. The van der Waals surface area contributed by atoms with E-state index in [4.69, 9.17) is 11.6 Å². The summed E-state index contributed by atoms with van der Waals surface area (Å²) in [6.45, 7) is 0. The lowest BCUT2D eigenvalue weighted by Crippen LogP contribution is -2.49. The van der Waals surface area contributed by atoms with Crippen LogP contribution in [0, 0.1) is 5.92 Å². The molecule has 3 atom stereocenters. The van der Waals surface area contributed by atoms with E-state index in [0.29, 0.717) is 6.04 Å². The summed E-state index contributed by atoms with van der Waals surface area (Å²) in [6.07, 6.45) is 8.42. The van der Waals surface area contributed by atoms with Crippen molar-refractivity contribution in [3.05, 3.63) is 0 Å². The third kappa shape index (κ3) is 1.77. The molecule has 2 rings (SSSR count). The van der Waals surface area contributed by atoms with Crippen molar-refractivity contribution in [1.29, 1.82) is 0 Å². The molecule has 1 saturated heterocycles. The van der Waals surface area contributed by atoms with Crippen molar-refractivity contribution in [1.82, 2.24) is 5.32 Å². The highest BCUT2D eigenvalue weighted by Crippen LogP contribution is 2.32. The number of hydrogen-bond acceptors (Lipinski definition) is 1. The molecule has 2 heteroatoms. The maximum absolute atomic E-state index is 5.85. The van der Waals surface area contributed by atoms with Gasteiger partial charge in [0.15, 0.2) is 0 Å². The fraction of sp³-hybridized carbons (Fsp3) is 1.00. The fourth-order valence-corrected chi connectivity index (χ4v) is 2.94. The molecule has 1 N–H and O–H groups in total. The number of alkyl halides is 1. The molecule has 0 bridgehead atoms. The van der Waals surface area contributed by atoms with E-state index in [1.54, 1.807) is 0 Å². The molecule has 0 amide bonds. The Morgan fingerprint density at radius 1 is 1.08 bits per heavy atom. The Morgan fingerprint density at radius 2 is 1.92 bits per heavy atom. The quantitative estimate of drug-likeness (QED) is 0.623. The summed E-state index contributed by atoms with van der Waals surface area (Å²) in [7, 11) is 0. The standard InChI is InChI=1S/C10H18ClN/c11-7-9-6-5-8-3-1-2-4-10(8)12-9/h8-10,12H,1-7H2. The van der Waals surface area contributed by atoms with Gasteiger partial charge in [-0.2, -0.15) is 0 Å². The number of rotatable bonds is 1. The van der Waals surface area contributed by atoms with E-state index in [1.165, 1.54) is 38.5 Å². The molecule has 1 heterocycles. The zero-order valence-corrected chi connectivity index (χ0v) is 8.32. The highest BCUT2D eigenvalue weighted by Gasteiger charge is 2.30. The zero-order valence-electron chi connectivity index (χ0n) is 7.56. The summed E-state index contributed by atoms with van der Waals surface area (Å²) in [5.41, 5.74) is 0. The number of fused-ring (bicyclic) bond motifs is 1. The second-order valence-corrected chi connectivity index (χ2v) is 4.55. The number of hydrogen-bond donors (Lipinski definition) is 1. The molecular formula is C10H18ClN. The van der Waals surface area contributed by atoms with Crippen molar-refractivity contribution < 1.29 is 0 Å². The Hall–Kier alpha value is 0.250. The van der Waals surface area contributed by atoms with Crippen LogP contribution in [-0.2, 0) is 0 Å². The van der Waals surface area contributed by atoms with Crippen LogP contribution in [0.1, 0.15) is 38.5 Å².